The van der Waals surface area contributed by atoms with Crippen molar-refractivity contribution in [2.75, 3.05) is 13.1 Å². The van der Waals surface area contributed by atoms with Gasteiger partial charge in [-0.3, -0.25) is 9.20 Å². The fourth-order valence-electron chi connectivity index (χ4n) is 2.03. The van der Waals surface area contributed by atoms with Crippen LogP contribution in [0.2, 0.25) is 0 Å². The number of imidazole rings is 1. The smallest absolute Gasteiger partial charge is 0.223 e. The number of aromatic nitrogens is 3. The van der Waals surface area contributed by atoms with E-state index >= 15 is 0 Å². The molecule has 3 rings (SSSR count). The lowest BCUT2D eigenvalue weighted by molar-refractivity contribution is -0.122. The highest BCUT2D eigenvalue weighted by Gasteiger charge is 2.28. The second-order valence-electron chi connectivity index (χ2n) is 4.93. The normalized spacial score (nSPS) is 14.7. The highest BCUT2D eigenvalue weighted by molar-refractivity contribution is 9.10. The van der Waals surface area contributed by atoms with Crippen LogP contribution in [0.1, 0.15) is 18.5 Å². The molecule has 0 spiro atoms. The van der Waals surface area contributed by atoms with Gasteiger partial charge >= 0.3 is 0 Å². The third kappa shape index (κ3) is 3.16. The fraction of sp³-hybridized carbons (Fsp3) is 0.462. The third-order valence-corrected chi connectivity index (χ3v) is 3.71. The van der Waals surface area contributed by atoms with Gasteiger partial charge in [-0.1, -0.05) is 0 Å². The minimum absolute atomic E-state index is 0.191. The lowest BCUT2D eigenvalue weighted by Crippen LogP contribution is -2.32. The summed E-state index contributed by atoms with van der Waals surface area (Å²) in [6.45, 7) is 2.12. The van der Waals surface area contributed by atoms with Crippen molar-refractivity contribution in [1.82, 2.24) is 25.0 Å². The maximum atomic E-state index is 11.4. The molecule has 0 atom stereocenters. The summed E-state index contributed by atoms with van der Waals surface area (Å²) in [5.41, 5.74) is 1.89. The maximum absolute atomic E-state index is 11.4. The molecule has 106 valence electrons. The predicted molar refractivity (Wildman–Crippen MR) is 78.1 cm³/mol. The molecule has 6 nitrogen and oxygen atoms in total. The van der Waals surface area contributed by atoms with Gasteiger partial charge in [0.15, 0.2) is 5.65 Å². The van der Waals surface area contributed by atoms with Crippen LogP contribution in [-0.4, -0.2) is 33.4 Å². The van der Waals surface area contributed by atoms with Gasteiger partial charge < -0.3 is 10.6 Å². The molecule has 1 amide bonds. The van der Waals surface area contributed by atoms with E-state index in [1.54, 1.807) is 6.20 Å². The molecular formula is C13H16BrN5O. The monoisotopic (exact) mass is 337 g/mol. The van der Waals surface area contributed by atoms with Crippen LogP contribution < -0.4 is 10.6 Å². The quantitative estimate of drug-likeness (QED) is 0.774. The first-order valence-electron chi connectivity index (χ1n) is 6.70. The van der Waals surface area contributed by atoms with E-state index in [1.165, 1.54) is 0 Å². The molecule has 0 unspecified atom stereocenters. The minimum Gasteiger partial charge on any atom is -0.355 e. The second kappa shape index (κ2) is 5.88. The molecule has 2 aromatic rings. The Morgan fingerprint density at radius 3 is 3.00 bits per heavy atom. The number of halogens is 1. The fourth-order valence-corrected chi connectivity index (χ4v) is 2.33. The van der Waals surface area contributed by atoms with Crippen LogP contribution in [0.5, 0.6) is 0 Å². The summed E-state index contributed by atoms with van der Waals surface area (Å²) >= 11 is 3.35. The van der Waals surface area contributed by atoms with Crippen molar-refractivity contribution in [1.29, 1.82) is 0 Å². The van der Waals surface area contributed by atoms with E-state index in [1.807, 2.05) is 16.8 Å². The van der Waals surface area contributed by atoms with Gasteiger partial charge in [0.2, 0.25) is 5.91 Å². The number of carbonyl (C=O) groups excluding carboxylic acids is 1. The number of fused-ring (bicyclic) bond motifs is 1. The van der Waals surface area contributed by atoms with E-state index in [-0.39, 0.29) is 11.8 Å². The van der Waals surface area contributed by atoms with Crippen molar-refractivity contribution in [2.45, 2.75) is 19.4 Å². The Hall–Kier alpha value is -1.47. The summed E-state index contributed by atoms with van der Waals surface area (Å²) in [7, 11) is 0. The number of carbonyl (C=O) groups is 1. The average Bonchev–Trinajstić information content (AvgIpc) is 3.21. The molecule has 2 aromatic heterocycles. The molecule has 2 N–H and O–H groups in total. The molecule has 0 bridgehead atoms. The van der Waals surface area contributed by atoms with Crippen LogP contribution in [0.25, 0.3) is 5.65 Å². The Morgan fingerprint density at radius 1 is 1.35 bits per heavy atom. The summed E-state index contributed by atoms with van der Waals surface area (Å²) in [5, 5.41) is 6.23. The van der Waals surface area contributed by atoms with Gasteiger partial charge in [0.25, 0.3) is 0 Å². The molecule has 1 saturated carbocycles. The number of rotatable bonds is 6. The van der Waals surface area contributed by atoms with E-state index in [2.05, 4.69) is 36.5 Å². The van der Waals surface area contributed by atoms with Gasteiger partial charge in [-0.15, -0.1) is 0 Å². The molecule has 0 radical (unpaired) electrons. The van der Waals surface area contributed by atoms with Gasteiger partial charge in [0.1, 0.15) is 4.60 Å². The van der Waals surface area contributed by atoms with Crippen LogP contribution in [0.4, 0.5) is 0 Å². The maximum Gasteiger partial charge on any atom is 0.223 e. The second-order valence-corrected chi connectivity index (χ2v) is 5.74. The lowest BCUT2D eigenvalue weighted by Gasteiger charge is -2.06. The van der Waals surface area contributed by atoms with E-state index in [0.717, 1.165) is 35.3 Å². The number of hydrogen-bond acceptors (Lipinski definition) is 4. The first-order chi connectivity index (χ1) is 9.74. The minimum atomic E-state index is 0.191. The van der Waals surface area contributed by atoms with Crippen molar-refractivity contribution >= 4 is 27.5 Å². The molecular weight excluding hydrogens is 322 g/mol. The Bertz CT molecular complexity index is 622. The molecule has 1 fully saturated rings. The molecule has 1 aliphatic rings. The van der Waals surface area contributed by atoms with Crippen LogP contribution in [-0.2, 0) is 11.3 Å². The average molecular weight is 338 g/mol. The number of amides is 1. The molecule has 1 aliphatic carbocycles. The Labute approximate surface area is 125 Å². The summed E-state index contributed by atoms with van der Waals surface area (Å²) in [4.78, 5) is 19.9. The molecule has 20 heavy (non-hydrogen) atoms. The van der Waals surface area contributed by atoms with Crippen LogP contribution >= 0.6 is 15.9 Å². The van der Waals surface area contributed by atoms with E-state index in [9.17, 15) is 4.79 Å². The van der Waals surface area contributed by atoms with E-state index in [0.29, 0.717) is 13.1 Å². The molecule has 0 aliphatic heterocycles. The molecule has 7 heteroatoms. The molecule has 0 saturated heterocycles. The predicted octanol–water partition coefficient (Wildman–Crippen LogP) is 1.11. The summed E-state index contributed by atoms with van der Waals surface area (Å²) in [6.07, 6.45) is 7.55. The van der Waals surface area contributed by atoms with Gasteiger partial charge in [-0.2, -0.15) is 0 Å². The van der Waals surface area contributed by atoms with E-state index in [4.69, 9.17) is 0 Å². The van der Waals surface area contributed by atoms with Crippen molar-refractivity contribution in [3.05, 3.63) is 28.9 Å². The summed E-state index contributed by atoms with van der Waals surface area (Å²) in [6, 6.07) is 0. The topological polar surface area (TPSA) is 71.3 Å². The zero-order valence-corrected chi connectivity index (χ0v) is 12.6. The van der Waals surface area contributed by atoms with Crippen molar-refractivity contribution in [3.8, 4) is 0 Å². The summed E-state index contributed by atoms with van der Waals surface area (Å²) < 4.78 is 2.77. The molecule has 0 aromatic carbocycles. The number of hydrogen-bond donors (Lipinski definition) is 2. The summed E-state index contributed by atoms with van der Waals surface area (Å²) in [5.74, 6) is 0.468. The van der Waals surface area contributed by atoms with Crippen LogP contribution in [0.15, 0.2) is 23.2 Å². The number of nitrogens with one attached hydrogen (secondary N) is 2. The van der Waals surface area contributed by atoms with Gasteiger partial charge in [0.05, 0.1) is 18.1 Å². The van der Waals surface area contributed by atoms with Gasteiger partial charge in [-0.25, -0.2) is 9.97 Å². The van der Waals surface area contributed by atoms with Crippen molar-refractivity contribution in [2.24, 2.45) is 5.92 Å². The SMILES string of the molecule is O=C(NCCNCc1cnc2cnc(Br)cn12)C1CC1. The van der Waals surface area contributed by atoms with Crippen molar-refractivity contribution < 1.29 is 4.79 Å². The first kappa shape index (κ1) is 13.5. The first-order valence-corrected chi connectivity index (χ1v) is 7.49. The van der Waals surface area contributed by atoms with Crippen LogP contribution in [0, 0.1) is 5.92 Å². The van der Waals surface area contributed by atoms with E-state index < -0.39 is 0 Å². The highest BCUT2D eigenvalue weighted by atomic mass is 79.9. The highest BCUT2D eigenvalue weighted by Crippen LogP contribution is 2.28. The standard InChI is InChI=1S/C13H16BrN5O/c14-11-8-19-10(6-18-12(19)7-17-11)5-15-3-4-16-13(20)9-1-2-9/h6-9,15H,1-5H2,(H,16,20). The zero-order valence-electron chi connectivity index (χ0n) is 11.0. The Morgan fingerprint density at radius 2 is 2.20 bits per heavy atom. The number of nitrogens with zero attached hydrogens (tertiary/aromatic N) is 3. The Balaban J connectivity index is 1.47. The third-order valence-electron chi connectivity index (χ3n) is 3.30. The van der Waals surface area contributed by atoms with Gasteiger partial charge in [0, 0.05) is 31.7 Å². The lowest BCUT2D eigenvalue weighted by atomic mass is 10.4. The van der Waals surface area contributed by atoms with Crippen LogP contribution in [0.3, 0.4) is 0 Å². The van der Waals surface area contributed by atoms with Crippen molar-refractivity contribution in [3.63, 3.8) is 0 Å². The Kier molecular flexibility index (Phi) is 3.98. The molecule has 2 heterocycles. The van der Waals surface area contributed by atoms with Gasteiger partial charge in [-0.05, 0) is 28.8 Å². The largest absolute Gasteiger partial charge is 0.355 e. The zero-order chi connectivity index (χ0) is 13.9.